The smallest absolute Gasteiger partial charge is 0.276 e. The summed E-state index contributed by atoms with van der Waals surface area (Å²) in [7, 11) is 1.27. The van der Waals surface area contributed by atoms with Gasteiger partial charge in [-0.2, -0.15) is 4.57 Å². The Bertz CT molecular complexity index is 1430. The van der Waals surface area contributed by atoms with Crippen molar-refractivity contribution in [2.24, 2.45) is 5.16 Å². The van der Waals surface area contributed by atoms with Crippen LogP contribution in [0.5, 0.6) is 0 Å². The van der Waals surface area contributed by atoms with Crippen LogP contribution in [0.25, 0.3) is 5.69 Å². The molecule has 4 aliphatic heterocycles. The Morgan fingerprint density at radius 3 is 2.92 bits per heavy atom. The first-order valence-electron chi connectivity index (χ1n) is 10.9. The SMILES string of the molecule is CO/N=C(\C(=O)N[C@@H]1C(=O)N2C(C(=O)[O-])=C(Cn3cc[n+]4c(CO)ccc-4c3)CS[C@@H]12)c1csc(N)n1. The first-order chi connectivity index (χ1) is 17.8. The second kappa shape index (κ2) is 9.84. The van der Waals surface area contributed by atoms with E-state index in [4.69, 9.17) is 10.6 Å². The molecule has 4 aliphatic rings. The molecule has 2 amide bonds. The van der Waals surface area contributed by atoms with E-state index in [1.165, 1.54) is 24.3 Å². The Kier molecular flexibility index (Phi) is 6.57. The lowest BCUT2D eigenvalue weighted by Gasteiger charge is -2.50. The van der Waals surface area contributed by atoms with Gasteiger partial charge in [0.15, 0.2) is 17.0 Å². The van der Waals surface area contributed by atoms with E-state index in [1.807, 2.05) is 16.8 Å². The minimum Gasteiger partial charge on any atom is -0.543 e. The van der Waals surface area contributed by atoms with E-state index in [9.17, 15) is 24.6 Å². The molecule has 13 nitrogen and oxygen atoms in total. The minimum absolute atomic E-state index is 0.110. The number of aliphatic hydroxyl groups is 1. The number of anilines is 1. The van der Waals surface area contributed by atoms with E-state index in [0.717, 1.165) is 27.6 Å². The molecule has 0 aromatic carbocycles. The number of aliphatic hydroxyl groups excluding tert-OH is 1. The zero-order chi connectivity index (χ0) is 26.3. The third-order valence-corrected chi connectivity index (χ3v) is 7.98. The number of carbonyl (C=O) groups is 3. The maximum Gasteiger partial charge on any atom is 0.276 e. The summed E-state index contributed by atoms with van der Waals surface area (Å²) in [5, 5.41) is 29.0. The van der Waals surface area contributed by atoms with E-state index < -0.39 is 29.2 Å². The number of carbonyl (C=O) groups excluding carboxylic acids is 3. The number of hydrogen-bond donors (Lipinski definition) is 3. The molecule has 192 valence electrons. The monoisotopic (exact) mass is 543 g/mol. The first-order valence-corrected chi connectivity index (χ1v) is 12.9. The molecule has 1 fully saturated rings. The van der Waals surface area contributed by atoms with Crippen molar-refractivity contribution in [1.82, 2.24) is 19.8 Å². The van der Waals surface area contributed by atoms with E-state index in [2.05, 4.69) is 15.5 Å². The number of rotatable bonds is 8. The van der Waals surface area contributed by atoms with Crippen molar-refractivity contribution < 1.29 is 34.0 Å². The number of carboxylic acids is 1. The van der Waals surface area contributed by atoms with Crippen molar-refractivity contribution in [1.29, 1.82) is 0 Å². The molecule has 0 saturated carbocycles. The molecule has 0 bridgehead atoms. The number of fused-ring (bicyclic) bond motifs is 2. The lowest BCUT2D eigenvalue weighted by molar-refractivity contribution is -0.604. The third kappa shape index (κ3) is 4.41. The molecule has 0 radical (unpaired) electrons. The number of thiazole rings is 1. The van der Waals surface area contributed by atoms with E-state index in [1.54, 1.807) is 23.0 Å². The van der Waals surface area contributed by atoms with Crippen LogP contribution in [0.1, 0.15) is 11.4 Å². The number of nitrogens with two attached hydrogens (primary N) is 1. The topological polar surface area (TPSA) is 179 Å². The van der Waals surface area contributed by atoms with Crippen molar-refractivity contribution in [3.05, 3.63) is 58.8 Å². The highest BCUT2D eigenvalue weighted by Crippen LogP contribution is 2.40. The van der Waals surface area contributed by atoms with Gasteiger partial charge in [-0.3, -0.25) is 14.5 Å². The molecular weight excluding hydrogens is 522 g/mol. The van der Waals surface area contributed by atoms with Crippen LogP contribution in [0.2, 0.25) is 0 Å². The van der Waals surface area contributed by atoms with Gasteiger partial charge in [-0.15, -0.1) is 23.1 Å². The van der Waals surface area contributed by atoms with Crippen LogP contribution in [0.4, 0.5) is 5.13 Å². The molecule has 1 saturated heterocycles. The number of nitrogens with one attached hydrogen (secondary N) is 1. The van der Waals surface area contributed by atoms with Crippen LogP contribution in [-0.4, -0.2) is 67.3 Å². The van der Waals surface area contributed by atoms with Crippen molar-refractivity contribution in [3.63, 3.8) is 0 Å². The van der Waals surface area contributed by atoms with Gasteiger partial charge in [0.05, 0.1) is 24.1 Å². The van der Waals surface area contributed by atoms with Crippen LogP contribution in [0.3, 0.4) is 0 Å². The van der Waals surface area contributed by atoms with Gasteiger partial charge in [0.25, 0.3) is 11.8 Å². The lowest BCUT2D eigenvalue weighted by atomic mass is 10.0. The van der Waals surface area contributed by atoms with Gasteiger partial charge in [-0.25, -0.2) is 4.98 Å². The number of β-lactam (4-membered cyclic amide) rings is 1. The standard InChI is InChI=1S/C22H21N7O6S2/c1-35-26-15(14-10-37-22(23)24-14)18(31)25-16-19(32)29-17(21(33)34)11(9-36-20(16)29)6-27-4-5-28-12(7-27)2-3-13(28)8-30/h2-5,7,10,16,20,30H,6,8-9H2,1H3,(H3-,23,24,25,31,33,34)/b26-15-/t16-,20+/m1/s1. The van der Waals surface area contributed by atoms with Gasteiger partial charge in [-0.05, 0) is 5.57 Å². The summed E-state index contributed by atoms with van der Waals surface area (Å²) < 4.78 is 3.62. The largest absolute Gasteiger partial charge is 0.543 e. The van der Waals surface area contributed by atoms with Crippen LogP contribution in [0, 0.1) is 0 Å². The van der Waals surface area contributed by atoms with Gasteiger partial charge in [0.2, 0.25) is 11.4 Å². The number of amides is 2. The van der Waals surface area contributed by atoms with Crippen LogP contribution in [0.15, 0.2) is 52.5 Å². The Labute approximate surface area is 218 Å². The highest BCUT2D eigenvalue weighted by molar-refractivity contribution is 8.00. The first kappa shape index (κ1) is 24.7. The Morgan fingerprint density at radius 1 is 1.43 bits per heavy atom. The van der Waals surface area contributed by atoms with E-state index in [-0.39, 0.29) is 35.4 Å². The number of aromatic nitrogens is 3. The maximum atomic E-state index is 13.0. The Morgan fingerprint density at radius 2 is 2.24 bits per heavy atom. The third-order valence-electron chi connectivity index (χ3n) is 5.96. The predicted molar refractivity (Wildman–Crippen MR) is 130 cm³/mol. The quantitative estimate of drug-likeness (QED) is 0.128. The number of nitrogen functional groups attached to an aromatic ring is 1. The van der Waals surface area contributed by atoms with Gasteiger partial charge in [0.1, 0.15) is 30.8 Å². The molecule has 0 aliphatic carbocycles. The molecule has 4 N–H and O–H groups in total. The fourth-order valence-electron chi connectivity index (χ4n) is 4.30. The summed E-state index contributed by atoms with van der Waals surface area (Å²) in [6.07, 6.45) is 5.35. The van der Waals surface area contributed by atoms with Gasteiger partial charge in [0, 0.05) is 29.8 Å². The van der Waals surface area contributed by atoms with E-state index >= 15 is 0 Å². The van der Waals surface area contributed by atoms with E-state index in [0.29, 0.717) is 11.3 Å². The molecular formula is C22H21N7O6S2. The van der Waals surface area contributed by atoms with Gasteiger partial charge in [-0.1, -0.05) is 5.16 Å². The molecule has 2 atom stereocenters. The number of nitrogens with zero attached hydrogens (tertiary/aromatic N) is 5. The zero-order valence-electron chi connectivity index (χ0n) is 19.4. The molecule has 1 aromatic rings. The molecule has 0 spiro atoms. The van der Waals surface area contributed by atoms with Gasteiger partial charge >= 0.3 is 0 Å². The Balaban J connectivity index is 1.35. The second-order valence-corrected chi connectivity index (χ2v) is 10.2. The number of hydrogen-bond acceptors (Lipinski definition) is 11. The maximum absolute atomic E-state index is 13.0. The van der Waals surface area contributed by atoms with Crippen molar-refractivity contribution in [3.8, 4) is 5.69 Å². The summed E-state index contributed by atoms with van der Waals surface area (Å²) >= 11 is 2.46. The number of thioether (sulfide) groups is 1. The molecule has 15 heteroatoms. The zero-order valence-corrected chi connectivity index (χ0v) is 21.0. The Hall–Kier alpha value is -3.95. The summed E-state index contributed by atoms with van der Waals surface area (Å²) in [5.74, 6) is -2.43. The average molecular weight is 544 g/mol. The molecule has 37 heavy (non-hydrogen) atoms. The normalized spacial score (nSPS) is 19.6. The molecule has 5 heterocycles. The molecule has 1 aromatic heterocycles. The van der Waals surface area contributed by atoms with Crippen molar-refractivity contribution in [2.75, 3.05) is 18.6 Å². The minimum atomic E-state index is -1.47. The predicted octanol–water partition coefficient (Wildman–Crippen LogP) is -1.81. The van der Waals surface area contributed by atoms with Gasteiger partial charge < -0.3 is 35.5 Å². The van der Waals surface area contributed by atoms with Crippen LogP contribution < -0.4 is 20.7 Å². The lowest BCUT2D eigenvalue weighted by Crippen LogP contribution is -2.71. The molecule has 5 rings (SSSR count). The van der Waals surface area contributed by atoms with Crippen molar-refractivity contribution in [2.45, 2.75) is 24.6 Å². The highest BCUT2D eigenvalue weighted by atomic mass is 32.2. The molecule has 0 unspecified atom stereocenters. The number of carboxylic acid groups (broad SMARTS) is 1. The fourth-order valence-corrected chi connectivity index (χ4v) is 6.19. The van der Waals surface area contributed by atoms with Crippen LogP contribution >= 0.6 is 23.1 Å². The summed E-state index contributed by atoms with van der Waals surface area (Å²) in [6.45, 7) is 0.109. The highest BCUT2D eigenvalue weighted by Gasteiger charge is 2.53. The average Bonchev–Trinajstić information content (AvgIpc) is 3.50. The fraction of sp³-hybridized carbons (Fsp3) is 0.273. The number of oxime groups is 1. The summed E-state index contributed by atoms with van der Waals surface area (Å²) in [4.78, 5) is 47.9. The second-order valence-electron chi connectivity index (χ2n) is 8.17. The number of aliphatic carboxylic acids is 1. The summed E-state index contributed by atoms with van der Waals surface area (Å²) in [6, 6.07) is 2.68. The van der Waals surface area contributed by atoms with Crippen LogP contribution in [-0.2, 0) is 32.4 Å². The van der Waals surface area contributed by atoms with Crippen molar-refractivity contribution >= 4 is 51.7 Å². The summed E-state index contributed by atoms with van der Waals surface area (Å²) in [5.41, 5.74) is 7.54.